The lowest BCUT2D eigenvalue weighted by atomic mass is 9.73. The van der Waals surface area contributed by atoms with Crippen molar-refractivity contribution in [2.75, 3.05) is 48.0 Å². The predicted molar refractivity (Wildman–Crippen MR) is 198 cm³/mol. The Labute approximate surface area is 303 Å². The van der Waals surface area contributed by atoms with Gasteiger partial charge in [-0.05, 0) is 91.1 Å². The highest BCUT2D eigenvalue weighted by atomic mass is 35.5. The molecule has 258 valence electrons. The van der Waals surface area contributed by atoms with E-state index in [9.17, 15) is 18.8 Å². The number of Topliss-reactive ketones (excluding diaryl/α,β-unsaturated/α-hetero) is 1. The molecule has 3 aliphatic heterocycles. The maximum absolute atomic E-state index is 14.0. The van der Waals surface area contributed by atoms with Crippen LogP contribution in [0.1, 0.15) is 54.4 Å². The molecule has 2 saturated heterocycles. The molecule has 0 atom stereocenters. The number of para-hydroxylation sites is 1. The maximum Gasteiger partial charge on any atom is 0.259 e. The molecule has 3 aromatic carbocycles. The number of ether oxygens (including phenoxy) is 1. The number of anilines is 3. The third kappa shape index (κ3) is 6.55. The zero-order chi connectivity index (χ0) is 35.1. The van der Waals surface area contributed by atoms with Crippen molar-refractivity contribution in [3.63, 3.8) is 0 Å². The normalized spacial score (nSPS) is 16.1. The fourth-order valence-corrected chi connectivity index (χ4v) is 8.70. The van der Waals surface area contributed by atoms with Crippen LogP contribution >= 0.6 is 22.9 Å². The van der Waals surface area contributed by atoms with Crippen LogP contribution in [0.5, 0.6) is 0 Å². The van der Waals surface area contributed by atoms with Crippen molar-refractivity contribution in [2.45, 2.75) is 25.7 Å². The molecule has 0 aliphatic carbocycles. The van der Waals surface area contributed by atoms with Crippen molar-refractivity contribution in [1.82, 2.24) is 4.98 Å². The van der Waals surface area contributed by atoms with Crippen molar-refractivity contribution in [2.24, 2.45) is 5.41 Å². The first-order valence-corrected chi connectivity index (χ1v) is 18.2. The number of halogens is 2. The Hall–Kier alpha value is -4.90. The smallest absolute Gasteiger partial charge is 0.259 e. The number of nitrogens with zero attached hydrogens (tertiary/aromatic N) is 3. The highest BCUT2D eigenvalue weighted by Crippen LogP contribution is 2.43. The molecular weight excluding hydrogens is 687 g/mol. The summed E-state index contributed by atoms with van der Waals surface area (Å²) >= 11 is 7.60. The molecule has 3 aliphatic rings. The molecule has 5 aromatic rings. The van der Waals surface area contributed by atoms with E-state index >= 15 is 0 Å². The van der Waals surface area contributed by atoms with Crippen LogP contribution in [0.2, 0.25) is 5.02 Å². The monoisotopic (exact) mass is 720 g/mol. The van der Waals surface area contributed by atoms with Gasteiger partial charge in [-0.1, -0.05) is 35.9 Å². The van der Waals surface area contributed by atoms with E-state index in [1.54, 1.807) is 53.6 Å². The number of thiophene rings is 1. The molecule has 8 nitrogen and oxygen atoms in total. The molecule has 8 rings (SSSR count). The molecule has 0 bridgehead atoms. The van der Waals surface area contributed by atoms with E-state index in [-0.39, 0.29) is 34.5 Å². The molecule has 51 heavy (non-hydrogen) atoms. The van der Waals surface area contributed by atoms with Crippen LogP contribution in [-0.4, -0.2) is 55.4 Å². The highest BCUT2D eigenvalue weighted by molar-refractivity contribution is 7.17. The lowest BCUT2D eigenvalue weighted by Crippen LogP contribution is -2.59. The van der Waals surface area contributed by atoms with Crippen molar-refractivity contribution in [3.8, 4) is 10.4 Å². The van der Waals surface area contributed by atoms with Gasteiger partial charge < -0.3 is 19.9 Å². The van der Waals surface area contributed by atoms with E-state index in [0.717, 1.165) is 60.8 Å². The van der Waals surface area contributed by atoms with Crippen LogP contribution in [0.4, 0.5) is 21.6 Å². The molecule has 1 N–H and O–H groups in total. The largest absolute Gasteiger partial charge is 0.381 e. The van der Waals surface area contributed by atoms with Gasteiger partial charge >= 0.3 is 0 Å². The molecule has 0 saturated carbocycles. The number of carbonyl (C=O) groups is 3. The number of carbonyl (C=O) groups excluding carboxylic acids is 3. The molecule has 2 aromatic heterocycles. The summed E-state index contributed by atoms with van der Waals surface area (Å²) in [7, 11) is 0. The SMILES string of the molecule is O=C(Cc1ccc(F)cc1Cl)c1cc2c(s1)-c1ccccc1N(C(=O)c1ccc(NC(=O)c3cccnc3N3CC4(CCOCC4)C3)cc1)CC2. The second-order valence-corrected chi connectivity index (χ2v) is 14.9. The predicted octanol–water partition coefficient (Wildman–Crippen LogP) is 8.10. The number of hydrogen-bond donors (Lipinski definition) is 1. The van der Waals surface area contributed by atoms with Gasteiger partial charge in [0.25, 0.3) is 11.8 Å². The van der Waals surface area contributed by atoms with Crippen molar-refractivity contribution in [3.05, 3.63) is 129 Å². The lowest BCUT2D eigenvalue weighted by Gasteiger charge is -2.53. The average molecular weight is 721 g/mol. The summed E-state index contributed by atoms with van der Waals surface area (Å²) in [6.45, 7) is 3.71. The van der Waals surface area contributed by atoms with Gasteiger partial charge in [0.2, 0.25) is 0 Å². The van der Waals surface area contributed by atoms with Gasteiger partial charge in [-0.3, -0.25) is 14.4 Å². The number of nitrogens with one attached hydrogen (secondary N) is 1. The van der Waals surface area contributed by atoms with E-state index < -0.39 is 5.82 Å². The number of ketones is 1. The number of amides is 2. The lowest BCUT2D eigenvalue weighted by molar-refractivity contribution is -0.000510. The Morgan fingerprint density at radius 1 is 0.961 bits per heavy atom. The molecule has 5 heterocycles. The van der Waals surface area contributed by atoms with Gasteiger partial charge in [-0.25, -0.2) is 9.37 Å². The van der Waals surface area contributed by atoms with Gasteiger partial charge in [-0.2, -0.15) is 0 Å². The zero-order valence-corrected chi connectivity index (χ0v) is 29.2. The summed E-state index contributed by atoms with van der Waals surface area (Å²) in [6, 6.07) is 24.2. The third-order valence-corrected chi connectivity index (χ3v) is 11.7. The van der Waals surface area contributed by atoms with Gasteiger partial charge in [-0.15, -0.1) is 11.3 Å². The topological polar surface area (TPSA) is 91.8 Å². The Balaban J connectivity index is 0.964. The molecule has 2 amide bonds. The van der Waals surface area contributed by atoms with Crippen LogP contribution in [0.3, 0.4) is 0 Å². The van der Waals surface area contributed by atoms with E-state index in [2.05, 4.69) is 15.2 Å². The summed E-state index contributed by atoms with van der Waals surface area (Å²) in [4.78, 5) is 50.8. The summed E-state index contributed by atoms with van der Waals surface area (Å²) in [5.41, 5.74) is 5.03. The zero-order valence-electron chi connectivity index (χ0n) is 27.7. The maximum atomic E-state index is 14.0. The van der Waals surface area contributed by atoms with E-state index in [0.29, 0.717) is 46.0 Å². The van der Waals surface area contributed by atoms with E-state index in [4.69, 9.17) is 16.3 Å². The number of aromatic nitrogens is 1. The molecule has 0 radical (unpaired) electrons. The minimum absolute atomic E-state index is 0.0693. The van der Waals surface area contributed by atoms with Crippen molar-refractivity contribution >= 4 is 57.7 Å². The second kappa shape index (κ2) is 13.7. The number of rotatable bonds is 7. The van der Waals surface area contributed by atoms with Gasteiger partial charge in [0.15, 0.2) is 5.78 Å². The molecule has 1 spiro atoms. The van der Waals surface area contributed by atoms with E-state index in [1.165, 1.54) is 23.5 Å². The molecular formula is C40H34ClFN4O4S. The third-order valence-electron chi connectivity index (χ3n) is 10.1. The fraction of sp³-hybridized carbons (Fsp3) is 0.250. The van der Waals surface area contributed by atoms with Gasteiger partial charge in [0.1, 0.15) is 11.6 Å². The van der Waals surface area contributed by atoms with E-state index in [1.807, 2.05) is 30.3 Å². The van der Waals surface area contributed by atoms with Crippen LogP contribution < -0.4 is 15.1 Å². The first-order chi connectivity index (χ1) is 24.8. The summed E-state index contributed by atoms with van der Waals surface area (Å²) in [5.74, 6) is -0.273. The fourth-order valence-electron chi connectivity index (χ4n) is 7.28. The number of hydrogen-bond acceptors (Lipinski definition) is 7. The second-order valence-electron chi connectivity index (χ2n) is 13.4. The molecule has 2 fully saturated rings. The number of pyridine rings is 1. The Bertz CT molecular complexity index is 2160. The first kappa shape index (κ1) is 33.3. The summed E-state index contributed by atoms with van der Waals surface area (Å²) in [5, 5.41) is 3.21. The summed E-state index contributed by atoms with van der Waals surface area (Å²) in [6.07, 6.45) is 4.40. The standard InChI is InChI=1S/C40H34ClFN4O4S/c41-32-22-28(42)10-7-26(32)20-34(47)35-21-27-13-17-46(33-6-2-1-4-30(33)36(27)51-35)39(49)25-8-11-29(12-9-25)44-38(48)31-5-3-16-43-37(31)45-23-40(24-45)14-18-50-19-15-40/h1-12,16,21-22H,13-15,17-20,23-24H2,(H,44,48). The van der Waals surface area contributed by atoms with Crippen LogP contribution in [0, 0.1) is 11.2 Å². The highest BCUT2D eigenvalue weighted by Gasteiger charge is 2.45. The van der Waals surface area contributed by atoms with Crippen LogP contribution in [-0.2, 0) is 17.6 Å². The van der Waals surface area contributed by atoms with Crippen LogP contribution in [0.25, 0.3) is 10.4 Å². The molecule has 11 heteroatoms. The quantitative estimate of drug-likeness (QED) is 0.171. The Morgan fingerprint density at radius 3 is 2.53 bits per heavy atom. The molecule has 0 unspecified atom stereocenters. The minimum Gasteiger partial charge on any atom is -0.381 e. The summed E-state index contributed by atoms with van der Waals surface area (Å²) < 4.78 is 19.1. The Kier molecular flexibility index (Phi) is 8.91. The van der Waals surface area contributed by atoms with Crippen molar-refractivity contribution < 1.29 is 23.5 Å². The number of fused-ring (bicyclic) bond motifs is 3. The van der Waals surface area contributed by atoms with Crippen LogP contribution in [0.15, 0.2) is 91.1 Å². The van der Waals surface area contributed by atoms with Crippen molar-refractivity contribution in [1.29, 1.82) is 0 Å². The average Bonchev–Trinajstić information content (AvgIpc) is 3.50. The number of benzene rings is 3. The van der Waals surface area contributed by atoms with Gasteiger partial charge in [0.05, 0.1) is 16.1 Å². The van der Waals surface area contributed by atoms with Gasteiger partial charge in [0, 0.05) is 77.6 Å². The Morgan fingerprint density at radius 2 is 1.75 bits per heavy atom. The minimum atomic E-state index is -0.446. The first-order valence-electron chi connectivity index (χ1n) is 17.0.